The summed E-state index contributed by atoms with van der Waals surface area (Å²) in [4.78, 5) is 13.0. The molecule has 0 atom stereocenters. The molecule has 2 aliphatic carbocycles. The predicted octanol–water partition coefficient (Wildman–Crippen LogP) is 2.44. The number of nitrogens with one attached hydrogen (secondary N) is 1. The van der Waals surface area contributed by atoms with Crippen molar-refractivity contribution >= 4 is 30.6 Å². The van der Waals surface area contributed by atoms with Crippen molar-refractivity contribution in [3.8, 4) is 0 Å². The zero-order valence-electron chi connectivity index (χ0n) is 13.2. The van der Waals surface area contributed by atoms with Gasteiger partial charge in [-0.2, -0.15) is 4.98 Å². The van der Waals surface area contributed by atoms with Crippen LogP contribution < -0.4 is 11.1 Å². The van der Waals surface area contributed by atoms with Gasteiger partial charge in [0.25, 0.3) is 0 Å². The smallest absolute Gasteiger partial charge is 0.229 e. The van der Waals surface area contributed by atoms with Crippen LogP contribution in [0, 0.1) is 0 Å². The Kier molecular flexibility index (Phi) is 6.37. The molecule has 0 saturated heterocycles. The minimum absolute atomic E-state index is 0. The lowest BCUT2D eigenvalue weighted by Crippen LogP contribution is -2.35. The first-order valence-electron chi connectivity index (χ1n) is 7.92. The maximum Gasteiger partial charge on any atom is 0.229 e. The first-order valence-corrected chi connectivity index (χ1v) is 7.92. The Morgan fingerprint density at radius 3 is 2.67 bits per heavy atom. The minimum Gasteiger partial charge on any atom is -0.370 e. The van der Waals surface area contributed by atoms with Gasteiger partial charge in [0.15, 0.2) is 5.82 Å². The molecule has 2 aromatic rings. The van der Waals surface area contributed by atoms with E-state index < -0.39 is 0 Å². The largest absolute Gasteiger partial charge is 0.370 e. The molecule has 2 aliphatic rings. The molecule has 0 spiro atoms. The van der Waals surface area contributed by atoms with Crippen LogP contribution in [0.15, 0.2) is 16.9 Å². The van der Waals surface area contributed by atoms with E-state index in [-0.39, 0.29) is 24.8 Å². The van der Waals surface area contributed by atoms with Gasteiger partial charge in [-0.25, -0.2) is 9.97 Å². The summed E-state index contributed by atoms with van der Waals surface area (Å²) >= 11 is 0. The second-order valence-corrected chi connectivity index (χ2v) is 6.26. The third-order valence-corrected chi connectivity index (χ3v) is 4.35. The molecule has 132 valence electrons. The van der Waals surface area contributed by atoms with E-state index in [4.69, 9.17) is 10.3 Å². The molecule has 4 rings (SSSR count). The van der Waals surface area contributed by atoms with Gasteiger partial charge in [-0.1, -0.05) is 5.16 Å². The van der Waals surface area contributed by atoms with Crippen LogP contribution in [0.2, 0.25) is 0 Å². The Bertz CT molecular complexity index is 657. The maximum atomic E-state index is 5.83. The van der Waals surface area contributed by atoms with Gasteiger partial charge in [0.1, 0.15) is 12.1 Å². The molecule has 0 aromatic carbocycles. The zero-order chi connectivity index (χ0) is 14.9. The lowest BCUT2D eigenvalue weighted by molar-refractivity contribution is 0.345. The van der Waals surface area contributed by atoms with Crippen molar-refractivity contribution in [1.82, 2.24) is 20.1 Å². The third kappa shape index (κ3) is 4.34. The number of hydrogen-bond donors (Lipinski definition) is 2. The molecule has 0 bridgehead atoms. The van der Waals surface area contributed by atoms with Crippen molar-refractivity contribution in [3.63, 3.8) is 0 Å². The van der Waals surface area contributed by atoms with Crippen molar-refractivity contribution in [2.75, 3.05) is 11.9 Å². The minimum atomic E-state index is 0. The van der Waals surface area contributed by atoms with E-state index >= 15 is 0 Å². The fourth-order valence-corrected chi connectivity index (χ4v) is 2.76. The molecule has 0 amide bonds. The SMILES string of the molecule is Cl.Cl.NC1CC(c2cc(NCCc3noc(C4CC4)n3)ncn2)C1. The molecular weight excluding hydrogens is 351 g/mol. The Morgan fingerprint density at radius 1 is 1.17 bits per heavy atom. The predicted molar refractivity (Wildman–Crippen MR) is 94.9 cm³/mol. The molecule has 7 nitrogen and oxygen atoms in total. The van der Waals surface area contributed by atoms with E-state index in [1.807, 2.05) is 6.07 Å². The summed E-state index contributed by atoms with van der Waals surface area (Å²) in [6.45, 7) is 0.726. The lowest BCUT2D eigenvalue weighted by atomic mass is 9.79. The number of nitrogens with two attached hydrogens (primary N) is 1. The van der Waals surface area contributed by atoms with Crippen LogP contribution in [-0.4, -0.2) is 32.7 Å². The topological polar surface area (TPSA) is 103 Å². The molecule has 2 saturated carbocycles. The van der Waals surface area contributed by atoms with E-state index in [9.17, 15) is 0 Å². The standard InChI is InChI=1S/C15H20N6O.2ClH/c16-11-5-10(6-11)12-7-14(19-8-18-12)17-4-3-13-20-15(22-21-13)9-1-2-9;;/h7-11H,1-6,16H2,(H,17,18,19);2*1H. The highest BCUT2D eigenvalue weighted by Gasteiger charge is 2.30. The number of rotatable bonds is 6. The van der Waals surface area contributed by atoms with Crippen LogP contribution >= 0.6 is 24.8 Å². The van der Waals surface area contributed by atoms with Gasteiger partial charge in [-0.3, -0.25) is 0 Å². The van der Waals surface area contributed by atoms with E-state index in [2.05, 4.69) is 25.4 Å². The van der Waals surface area contributed by atoms with E-state index in [0.717, 1.165) is 49.0 Å². The molecule has 9 heteroatoms. The summed E-state index contributed by atoms with van der Waals surface area (Å²) < 4.78 is 5.25. The summed E-state index contributed by atoms with van der Waals surface area (Å²) in [5.41, 5.74) is 6.91. The second kappa shape index (κ2) is 8.09. The number of anilines is 1. The normalized spacial score (nSPS) is 22.0. The van der Waals surface area contributed by atoms with Crippen LogP contribution in [0.1, 0.15) is 54.9 Å². The first kappa shape index (κ1) is 18.9. The molecule has 24 heavy (non-hydrogen) atoms. The molecule has 2 fully saturated rings. The van der Waals surface area contributed by atoms with Gasteiger partial charge in [-0.05, 0) is 25.7 Å². The second-order valence-electron chi connectivity index (χ2n) is 6.26. The average molecular weight is 373 g/mol. The summed E-state index contributed by atoms with van der Waals surface area (Å²) in [5, 5.41) is 7.31. The maximum absolute atomic E-state index is 5.83. The lowest BCUT2D eigenvalue weighted by Gasteiger charge is -2.31. The fraction of sp³-hybridized carbons (Fsp3) is 0.600. The molecule has 0 aliphatic heterocycles. The highest BCUT2D eigenvalue weighted by atomic mass is 35.5. The fourth-order valence-electron chi connectivity index (χ4n) is 2.76. The Morgan fingerprint density at radius 2 is 1.96 bits per heavy atom. The van der Waals surface area contributed by atoms with Crippen LogP contribution in [0.3, 0.4) is 0 Å². The molecule has 0 radical (unpaired) electrons. The molecule has 3 N–H and O–H groups in total. The number of hydrogen-bond acceptors (Lipinski definition) is 7. The van der Waals surface area contributed by atoms with Crippen LogP contribution in [0.4, 0.5) is 5.82 Å². The molecular formula is C15H22Cl2N6O. The van der Waals surface area contributed by atoms with E-state index in [0.29, 0.717) is 17.9 Å². The Balaban J connectivity index is 0.00000104. The number of halogens is 2. The van der Waals surface area contributed by atoms with Crippen molar-refractivity contribution in [1.29, 1.82) is 0 Å². The molecule has 2 heterocycles. The van der Waals surface area contributed by atoms with Gasteiger partial charge in [0.2, 0.25) is 5.89 Å². The van der Waals surface area contributed by atoms with Gasteiger partial charge >= 0.3 is 0 Å². The van der Waals surface area contributed by atoms with Crippen LogP contribution in [0.5, 0.6) is 0 Å². The van der Waals surface area contributed by atoms with Crippen molar-refractivity contribution in [3.05, 3.63) is 29.8 Å². The highest BCUT2D eigenvalue weighted by molar-refractivity contribution is 5.85. The van der Waals surface area contributed by atoms with Gasteiger partial charge in [0, 0.05) is 42.6 Å². The van der Waals surface area contributed by atoms with Gasteiger partial charge in [-0.15, -0.1) is 24.8 Å². The van der Waals surface area contributed by atoms with Crippen LogP contribution in [-0.2, 0) is 6.42 Å². The van der Waals surface area contributed by atoms with E-state index in [1.54, 1.807) is 6.33 Å². The Hall–Kier alpha value is -1.44. The monoisotopic (exact) mass is 372 g/mol. The van der Waals surface area contributed by atoms with Gasteiger partial charge < -0.3 is 15.6 Å². The quantitative estimate of drug-likeness (QED) is 0.802. The molecule has 0 unspecified atom stereocenters. The first-order chi connectivity index (χ1) is 10.8. The summed E-state index contributed by atoms with van der Waals surface area (Å²) in [6.07, 6.45) is 6.72. The summed E-state index contributed by atoms with van der Waals surface area (Å²) in [5.74, 6) is 3.38. The van der Waals surface area contributed by atoms with E-state index in [1.165, 1.54) is 12.8 Å². The summed E-state index contributed by atoms with van der Waals surface area (Å²) in [6, 6.07) is 2.35. The van der Waals surface area contributed by atoms with Crippen LogP contribution in [0.25, 0.3) is 0 Å². The number of aromatic nitrogens is 4. The Labute approximate surface area is 153 Å². The average Bonchev–Trinajstić information content (AvgIpc) is 3.24. The number of nitrogens with zero attached hydrogens (tertiary/aromatic N) is 4. The van der Waals surface area contributed by atoms with Crippen molar-refractivity contribution < 1.29 is 4.52 Å². The van der Waals surface area contributed by atoms with Crippen molar-refractivity contribution in [2.45, 2.75) is 50.0 Å². The van der Waals surface area contributed by atoms with Gasteiger partial charge in [0.05, 0.1) is 0 Å². The highest BCUT2D eigenvalue weighted by Crippen LogP contribution is 2.38. The summed E-state index contributed by atoms with van der Waals surface area (Å²) in [7, 11) is 0. The third-order valence-electron chi connectivity index (χ3n) is 4.35. The molecule has 2 aromatic heterocycles. The van der Waals surface area contributed by atoms with Crippen molar-refractivity contribution in [2.24, 2.45) is 5.73 Å². The zero-order valence-corrected chi connectivity index (χ0v) is 14.9.